The Balaban J connectivity index is 1.45. The summed E-state index contributed by atoms with van der Waals surface area (Å²) in [7, 11) is 1.60. The molecule has 1 aliphatic rings. The van der Waals surface area contributed by atoms with Crippen LogP contribution in [0.2, 0.25) is 0 Å². The first kappa shape index (κ1) is 23.0. The van der Waals surface area contributed by atoms with E-state index in [-0.39, 0.29) is 11.5 Å². The number of methoxy groups -OCH3 is 1. The molecule has 2 N–H and O–H groups in total. The highest BCUT2D eigenvalue weighted by Crippen LogP contribution is 2.30. The summed E-state index contributed by atoms with van der Waals surface area (Å²) in [6.45, 7) is 0.939. The molecule has 0 aliphatic heterocycles. The van der Waals surface area contributed by atoms with Crippen LogP contribution in [0.15, 0.2) is 36.5 Å². The molecule has 1 heterocycles. The number of ether oxygens (including phenoxy) is 1. The maximum atomic E-state index is 13.5. The summed E-state index contributed by atoms with van der Waals surface area (Å²) in [6.07, 6.45) is 0.571. The molecular weight excluding hydrogens is 414 g/mol. The van der Waals surface area contributed by atoms with E-state index in [2.05, 4.69) is 15.6 Å². The first-order valence-electron chi connectivity index (χ1n) is 10.1. The van der Waals surface area contributed by atoms with Crippen LogP contribution < -0.4 is 15.4 Å². The van der Waals surface area contributed by atoms with Crippen molar-refractivity contribution in [2.75, 3.05) is 13.7 Å². The Kier molecular flexibility index (Phi) is 7.48. The minimum Gasteiger partial charge on any atom is -0.495 e. The van der Waals surface area contributed by atoms with Crippen LogP contribution in [-0.4, -0.2) is 30.6 Å². The number of carbonyl (C=O) groups is 1. The minimum absolute atomic E-state index is 0.224. The molecule has 168 valence electrons. The number of hydrogen-bond donors (Lipinski definition) is 2. The van der Waals surface area contributed by atoms with Gasteiger partial charge in [0.2, 0.25) is 0 Å². The van der Waals surface area contributed by atoms with Gasteiger partial charge in [-0.2, -0.15) is 13.2 Å². The number of aromatic nitrogens is 1. The topological polar surface area (TPSA) is 63.2 Å². The van der Waals surface area contributed by atoms with Gasteiger partial charge in [0.25, 0.3) is 5.91 Å². The monoisotopic (exact) mass is 439 g/mol. The van der Waals surface area contributed by atoms with E-state index in [0.717, 1.165) is 43.2 Å². The van der Waals surface area contributed by atoms with Crippen LogP contribution in [0.4, 0.5) is 17.6 Å². The van der Waals surface area contributed by atoms with Gasteiger partial charge in [-0.1, -0.05) is 0 Å². The second-order valence-electron chi connectivity index (χ2n) is 7.69. The molecule has 1 aromatic carbocycles. The lowest BCUT2D eigenvalue weighted by Crippen LogP contribution is -2.37. The fraction of sp³-hybridized carbons (Fsp3) is 0.455. The van der Waals surface area contributed by atoms with E-state index < -0.39 is 23.5 Å². The Morgan fingerprint density at radius 2 is 1.94 bits per heavy atom. The molecule has 0 saturated heterocycles. The van der Waals surface area contributed by atoms with E-state index >= 15 is 0 Å². The van der Waals surface area contributed by atoms with Crippen molar-refractivity contribution in [2.45, 2.75) is 44.4 Å². The van der Waals surface area contributed by atoms with Crippen LogP contribution in [0.1, 0.15) is 47.3 Å². The molecule has 1 fully saturated rings. The first-order chi connectivity index (χ1) is 14.8. The summed E-state index contributed by atoms with van der Waals surface area (Å²) in [5, 5.41) is 6.11. The van der Waals surface area contributed by atoms with Crippen molar-refractivity contribution in [3.8, 4) is 5.75 Å². The number of amides is 1. The van der Waals surface area contributed by atoms with Gasteiger partial charge in [-0.25, -0.2) is 4.39 Å². The van der Waals surface area contributed by atoms with Gasteiger partial charge < -0.3 is 15.4 Å². The number of carbonyl (C=O) groups excluding carboxylic acids is 1. The number of halogens is 4. The van der Waals surface area contributed by atoms with Gasteiger partial charge >= 0.3 is 6.18 Å². The number of benzene rings is 1. The van der Waals surface area contributed by atoms with Crippen LogP contribution in [0.5, 0.6) is 5.75 Å². The number of hydrogen-bond acceptors (Lipinski definition) is 4. The van der Waals surface area contributed by atoms with E-state index in [1.165, 1.54) is 0 Å². The normalized spacial score (nSPS) is 19.1. The number of alkyl halides is 3. The van der Waals surface area contributed by atoms with Crippen molar-refractivity contribution in [3.63, 3.8) is 0 Å². The Morgan fingerprint density at radius 3 is 2.61 bits per heavy atom. The largest absolute Gasteiger partial charge is 0.495 e. The third-order valence-electron chi connectivity index (χ3n) is 5.51. The molecular formula is C22H25F4N3O2. The molecule has 0 spiro atoms. The third kappa shape index (κ3) is 6.40. The molecule has 2 aromatic rings. The molecule has 5 nitrogen and oxygen atoms in total. The summed E-state index contributed by atoms with van der Waals surface area (Å²) in [4.78, 5) is 16.5. The van der Waals surface area contributed by atoms with Crippen LogP contribution in [-0.2, 0) is 12.7 Å². The van der Waals surface area contributed by atoms with Gasteiger partial charge in [-0.15, -0.1) is 0 Å². The van der Waals surface area contributed by atoms with Crippen LogP contribution in [0.3, 0.4) is 0 Å². The maximum absolute atomic E-state index is 13.5. The zero-order valence-corrected chi connectivity index (χ0v) is 17.1. The van der Waals surface area contributed by atoms with Gasteiger partial charge in [0.05, 0.1) is 18.4 Å². The summed E-state index contributed by atoms with van der Waals surface area (Å²) in [5.41, 5.74) is -0.659. The van der Waals surface area contributed by atoms with Crippen LogP contribution >= 0.6 is 0 Å². The summed E-state index contributed by atoms with van der Waals surface area (Å²) in [5.74, 6) is -0.831. The smallest absolute Gasteiger partial charge is 0.416 e. The molecule has 1 amide bonds. The van der Waals surface area contributed by atoms with E-state index in [9.17, 15) is 22.4 Å². The Morgan fingerprint density at radius 1 is 1.19 bits per heavy atom. The predicted molar refractivity (Wildman–Crippen MR) is 107 cm³/mol. The number of nitrogens with zero attached hydrogens (tertiary/aromatic N) is 1. The fourth-order valence-corrected chi connectivity index (χ4v) is 3.78. The van der Waals surface area contributed by atoms with Crippen molar-refractivity contribution in [1.82, 2.24) is 15.6 Å². The molecule has 0 radical (unpaired) electrons. The number of rotatable bonds is 7. The first-order valence-corrected chi connectivity index (χ1v) is 10.1. The highest BCUT2D eigenvalue weighted by atomic mass is 19.4. The van der Waals surface area contributed by atoms with Crippen LogP contribution in [0.25, 0.3) is 0 Å². The summed E-state index contributed by atoms with van der Waals surface area (Å²) < 4.78 is 57.3. The standard InChI is InChI=1S/C22H25F4N3O2/c1-31-20-3-2-8-27-19(20)13-28-18-6-4-14(5-7-18)12-29-21(30)15-9-16(22(24,25)26)11-17(23)10-15/h2-3,8-11,14,18,28H,4-7,12-13H2,1H3,(H,29,30)/t14-,18+. The van der Waals surface area contributed by atoms with Crippen molar-refractivity contribution in [1.29, 1.82) is 0 Å². The SMILES string of the molecule is COc1cccnc1CN[C@H]1CC[C@@H](CNC(=O)c2cc(F)cc(C(F)(F)F)c2)CC1. The molecule has 9 heteroatoms. The third-order valence-corrected chi connectivity index (χ3v) is 5.51. The van der Waals surface area contributed by atoms with Crippen molar-refractivity contribution in [3.05, 3.63) is 59.2 Å². The Hall–Kier alpha value is -2.68. The zero-order chi connectivity index (χ0) is 22.4. The van der Waals surface area contributed by atoms with E-state index in [4.69, 9.17) is 4.74 Å². The lowest BCUT2D eigenvalue weighted by Gasteiger charge is -2.29. The highest BCUT2D eigenvalue weighted by molar-refractivity contribution is 5.94. The van der Waals surface area contributed by atoms with Crippen molar-refractivity contribution >= 4 is 5.91 Å². The van der Waals surface area contributed by atoms with Gasteiger partial charge in [0.15, 0.2) is 0 Å². The molecule has 1 aromatic heterocycles. The summed E-state index contributed by atoms with van der Waals surface area (Å²) >= 11 is 0. The molecule has 0 unspecified atom stereocenters. The van der Waals surface area contributed by atoms with Crippen LogP contribution in [0, 0.1) is 11.7 Å². The highest BCUT2D eigenvalue weighted by Gasteiger charge is 2.32. The quantitative estimate of drug-likeness (QED) is 0.631. The zero-order valence-electron chi connectivity index (χ0n) is 17.1. The molecule has 31 heavy (non-hydrogen) atoms. The Labute approximate surface area is 178 Å². The molecule has 3 rings (SSSR count). The van der Waals surface area contributed by atoms with Crippen molar-refractivity contribution < 1.29 is 27.1 Å². The van der Waals surface area contributed by atoms with E-state index in [1.807, 2.05) is 12.1 Å². The molecule has 0 atom stereocenters. The molecule has 0 bridgehead atoms. The Bertz CT molecular complexity index is 897. The van der Waals surface area contributed by atoms with Gasteiger partial charge in [-0.3, -0.25) is 9.78 Å². The summed E-state index contributed by atoms with van der Waals surface area (Å²) in [6, 6.07) is 5.86. The van der Waals surface area contributed by atoms with E-state index in [0.29, 0.717) is 31.3 Å². The molecule has 1 aliphatic carbocycles. The molecule has 1 saturated carbocycles. The second-order valence-corrected chi connectivity index (χ2v) is 7.69. The maximum Gasteiger partial charge on any atom is 0.416 e. The predicted octanol–water partition coefficient (Wildman–Crippen LogP) is 4.33. The lowest BCUT2D eigenvalue weighted by atomic mass is 9.86. The average molecular weight is 439 g/mol. The van der Waals surface area contributed by atoms with Gasteiger partial charge in [0.1, 0.15) is 11.6 Å². The van der Waals surface area contributed by atoms with Gasteiger partial charge in [-0.05, 0) is 61.9 Å². The average Bonchev–Trinajstić information content (AvgIpc) is 2.76. The minimum atomic E-state index is -4.71. The second kappa shape index (κ2) is 10.1. The fourth-order valence-electron chi connectivity index (χ4n) is 3.78. The number of pyridine rings is 1. The van der Waals surface area contributed by atoms with Gasteiger partial charge in [0, 0.05) is 30.9 Å². The van der Waals surface area contributed by atoms with E-state index in [1.54, 1.807) is 13.3 Å². The number of nitrogens with one attached hydrogen (secondary N) is 2. The van der Waals surface area contributed by atoms with Crippen molar-refractivity contribution in [2.24, 2.45) is 5.92 Å². The lowest BCUT2D eigenvalue weighted by molar-refractivity contribution is -0.137.